The topological polar surface area (TPSA) is 86.7 Å². The van der Waals surface area contributed by atoms with E-state index in [1.807, 2.05) is 0 Å². The standard InChI is InChI=1S/C6H13NO3.ClH/c7-4-1-3(2-8)5(9)6(4)10;/h3-6,8-10H,1-2,7H2;1H/t3-,4-,5-,6+;/m0./s1. The molecule has 0 unspecified atom stereocenters. The number of hydrogen-bond acceptors (Lipinski definition) is 4. The van der Waals surface area contributed by atoms with Crippen molar-refractivity contribution in [3.63, 3.8) is 0 Å². The molecule has 0 saturated heterocycles. The van der Waals surface area contributed by atoms with Crippen molar-refractivity contribution in [2.45, 2.75) is 24.7 Å². The monoisotopic (exact) mass is 183 g/mol. The van der Waals surface area contributed by atoms with Crippen LogP contribution in [-0.2, 0) is 0 Å². The lowest BCUT2D eigenvalue weighted by molar-refractivity contribution is 0.00300. The van der Waals surface area contributed by atoms with Crippen LogP contribution in [0.25, 0.3) is 0 Å². The molecule has 0 spiro atoms. The van der Waals surface area contributed by atoms with E-state index < -0.39 is 12.2 Å². The maximum Gasteiger partial charge on any atom is 0.0953 e. The summed E-state index contributed by atoms with van der Waals surface area (Å²) in [7, 11) is 0. The van der Waals surface area contributed by atoms with Gasteiger partial charge in [0.05, 0.1) is 12.2 Å². The van der Waals surface area contributed by atoms with Crippen molar-refractivity contribution >= 4 is 12.4 Å². The van der Waals surface area contributed by atoms with Crippen LogP contribution in [0.1, 0.15) is 6.42 Å². The second-order valence-electron chi connectivity index (χ2n) is 2.82. The first-order chi connectivity index (χ1) is 4.66. The maximum atomic E-state index is 9.14. The van der Waals surface area contributed by atoms with Gasteiger partial charge >= 0.3 is 0 Å². The molecule has 0 aromatic heterocycles. The molecular weight excluding hydrogens is 170 g/mol. The first kappa shape index (κ1) is 11.1. The number of aliphatic hydroxyl groups is 3. The molecule has 0 aliphatic heterocycles. The molecule has 0 aromatic rings. The molecule has 68 valence electrons. The molecule has 1 rings (SSSR count). The maximum absolute atomic E-state index is 9.14. The van der Waals surface area contributed by atoms with Crippen molar-refractivity contribution in [3.05, 3.63) is 0 Å². The third kappa shape index (κ3) is 2.04. The molecule has 0 aromatic carbocycles. The Bertz CT molecular complexity index is 124. The summed E-state index contributed by atoms with van der Waals surface area (Å²) in [5.74, 6) is -0.245. The van der Waals surface area contributed by atoms with Crippen molar-refractivity contribution in [3.8, 4) is 0 Å². The van der Waals surface area contributed by atoms with E-state index in [9.17, 15) is 0 Å². The number of aliphatic hydroxyl groups excluding tert-OH is 3. The minimum atomic E-state index is -0.864. The van der Waals surface area contributed by atoms with Crippen LogP contribution >= 0.6 is 12.4 Å². The molecule has 5 heteroatoms. The van der Waals surface area contributed by atoms with Gasteiger partial charge in [0.25, 0.3) is 0 Å². The van der Waals surface area contributed by atoms with Gasteiger partial charge in [0, 0.05) is 18.6 Å². The lowest BCUT2D eigenvalue weighted by atomic mass is 10.1. The Morgan fingerprint density at radius 2 is 1.82 bits per heavy atom. The van der Waals surface area contributed by atoms with Crippen LogP contribution in [0.15, 0.2) is 0 Å². The van der Waals surface area contributed by atoms with Gasteiger partial charge in [-0.05, 0) is 6.42 Å². The molecule has 4 nitrogen and oxygen atoms in total. The predicted octanol–water partition coefficient (Wildman–Crippen LogP) is -1.53. The zero-order valence-electron chi connectivity index (χ0n) is 6.05. The van der Waals surface area contributed by atoms with E-state index in [4.69, 9.17) is 21.1 Å². The van der Waals surface area contributed by atoms with Crippen molar-refractivity contribution < 1.29 is 15.3 Å². The molecule has 1 fully saturated rings. The van der Waals surface area contributed by atoms with Gasteiger partial charge in [0.1, 0.15) is 0 Å². The molecule has 1 saturated carbocycles. The van der Waals surface area contributed by atoms with Crippen LogP contribution in [0.3, 0.4) is 0 Å². The molecule has 1 aliphatic carbocycles. The van der Waals surface area contributed by atoms with E-state index in [1.165, 1.54) is 0 Å². The fraction of sp³-hybridized carbons (Fsp3) is 1.00. The van der Waals surface area contributed by atoms with E-state index in [2.05, 4.69) is 0 Å². The third-order valence-corrected chi connectivity index (χ3v) is 2.08. The molecule has 0 radical (unpaired) electrons. The van der Waals surface area contributed by atoms with E-state index in [0.717, 1.165) is 0 Å². The van der Waals surface area contributed by atoms with Gasteiger partial charge in [-0.2, -0.15) is 0 Å². The summed E-state index contributed by atoms with van der Waals surface area (Å²) < 4.78 is 0. The van der Waals surface area contributed by atoms with Gasteiger partial charge < -0.3 is 21.1 Å². The number of halogens is 1. The number of rotatable bonds is 1. The summed E-state index contributed by atoms with van der Waals surface area (Å²) in [6, 6.07) is -0.382. The average molecular weight is 184 g/mol. The summed E-state index contributed by atoms with van der Waals surface area (Å²) in [6.07, 6.45) is -1.21. The van der Waals surface area contributed by atoms with E-state index in [-0.39, 0.29) is 31.0 Å². The second-order valence-corrected chi connectivity index (χ2v) is 2.82. The molecule has 0 heterocycles. The molecule has 0 amide bonds. The lowest BCUT2D eigenvalue weighted by Gasteiger charge is -2.13. The van der Waals surface area contributed by atoms with Gasteiger partial charge in [-0.3, -0.25) is 0 Å². The van der Waals surface area contributed by atoms with Crippen molar-refractivity contribution in [1.82, 2.24) is 0 Å². The number of hydrogen-bond donors (Lipinski definition) is 4. The highest BCUT2D eigenvalue weighted by Crippen LogP contribution is 2.24. The summed E-state index contributed by atoms with van der Waals surface area (Å²) in [6.45, 7) is -0.105. The first-order valence-electron chi connectivity index (χ1n) is 3.39. The lowest BCUT2D eigenvalue weighted by Crippen LogP contribution is -2.35. The summed E-state index contributed by atoms with van der Waals surface area (Å²) >= 11 is 0. The zero-order valence-corrected chi connectivity index (χ0v) is 6.87. The predicted molar refractivity (Wildman–Crippen MR) is 42.4 cm³/mol. The van der Waals surface area contributed by atoms with Crippen molar-refractivity contribution in [2.24, 2.45) is 11.7 Å². The Morgan fingerprint density at radius 1 is 1.27 bits per heavy atom. The first-order valence-corrected chi connectivity index (χ1v) is 3.39. The number of nitrogens with two attached hydrogens (primary N) is 1. The molecule has 5 N–H and O–H groups in total. The third-order valence-electron chi connectivity index (χ3n) is 2.08. The zero-order chi connectivity index (χ0) is 7.72. The molecule has 4 atom stereocenters. The van der Waals surface area contributed by atoms with Gasteiger partial charge in [0.2, 0.25) is 0 Å². The highest BCUT2D eigenvalue weighted by Gasteiger charge is 2.38. The molecule has 11 heavy (non-hydrogen) atoms. The Labute approximate surface area is 71.4 Å². The van der Waals surface area contributed by atoms with Gasteiger partial charge in [-0.1, -0.05) is 0 Å². The fourth-order valence-corrected chi connectivity index (χ4v) is 1.34. The Kier molecular flexibility index (Phi) is 4.28. The van der Waals surface area contributed by atoms with E-state index in [1.54, 1.807) is 0 Å². The van der Waals surface area contributed by atoms with Crippen LogP contribution in [0.5, 0.6) is 0 Å². The fourth-order valence-electron chi connectivity index (χ4n) is 1.34. The second kappa shape index (κ2) is 4.23. The minimum Gasteiger partial charge on any atom is -0.396 e. The Balaban J connectivity index is 0.000001000. The highest BCUT2D eigenvalue weighted by atomic mass is 35.5. The van der Waals surface area contributed by atoms with E-state index >= 15 is 0 Å². The average Bonchev–Trinajstić information content (AvgIpc) is 2.17. The van der Waals surface area contributed by atoms with Gasteiger partial charge in [-0.15, -0.1) is 12.4 Å². The van der Waals surface area contributed by atoms with Gasteiger partial charge in [0.15, 0.2) is 0 Å². The molecular formula is C6H14ClNO3. The van der Waals surface area contributed by atoms with E-state index in [0.29, 0.717) is 6.42 Å². The summed E-state index contributed by atoms with van der Waals surface area (Å²) in [4.78, 5) is 0. The summed E-state index contributed by atoms with van der Waals surface area (Å²) in [5, 5.41) is 26.9. The summed E-state index contributed by atoms with van der Waals surface area (Å²) in [5.41, 5.74) is 5.41. The van der Waals surface area contributed by atoms with Crippen LogP contribution < -0.4 is 5.73 Å². The quantitative estimate of drug-likeness (QED) is 0.397. The van der Waals surface area contributed by atoms with Crippen LogP contribution in [-0.4, -0.2) is 40.2 Å². The van der Waals surface area contributed by atoms with Crippen LogP contribution in [0, 0.1) is 5.92 Å². The SMILES string of the molecule is Cl.N[C@H]1C[C@@H](CO)[C@H](O)[C@@H]1O. The molecule has 0 bridgehead atoms. The Hall–Kier alpha value is 0.130. The smallest absolute Gasteiger partial charge is 0.0953 e. The van der Waals surface area contributed by atoms with Crippen LogP contribution in [0.2, 0.25) is 0 Å². The molecule has 1 aliphatic rings. The van der Waals surface area contributed by atoms with Crippen molar-refractivity contribution in [2.75, 3.05) is 6.61 Å². The van der Waals surface area contributed by atoms with Gasteiger partial charge in [-0.25, -0.2) is 0 Å². The minimum absolute atomic E-state index is 0. The largest absolute Gasteiger partial charge is 0.396 e. The van der Waals surface area contributed by atoms with Crippen molar-refractivity contribution in [1.29, 1.82) is 0 Å². The Morgan fingerprint density at radius 3 is 2.00 bits per heavy atom. The highest BCUT2D eigenvalue weighted by molar-refractivity contribution is 5.85. The normalized spacial score (nSPS) is 43.6. The van der Waals surface area contributed by atoms with Crippen LogP contribution in [0.4, 0.5) is 0 Å².